The van der Waals surface area contributed by atoms with Crippen molar-refractivity contribution in [3.63, 3.8) is 0 Å². The molecule has 0 saturated heterocycles. The van der Waals surface area contributed by atoms with E-state index in [1.165, 1.54) is 30.3 Å². The third kappa shape index (κ3) is 3.47. The number of imidazole rings is 1. The summed E-state index contributed by atoms with van der Waals surface area (Å²) >= 11 is 0. The highest BCUT2D eigenvalue weighted by Gasteiger charge is 2.14. The van der Waals surface area contributed by atoms with Crippen molar-refractivity contribution in [2.24, 2.45) is 7.05 Å². The number of fused-ring (bicyclic) bond motifs is 1. The first-order valence-corrected chi connectivity index (χ1v) is 8.01. The highest BCUT2D eigenvalue weighted by Crippen LogP contribution is 2.12. The molecule has 0 bridgehead atoms. The van der Waals surface area contributed by atoms with Gasteiger partial charge in [0.05, 0.1) is 6.54 Å². The number of rotatable bonds is 8. The number of aromatic nitrogens is 4. The van der Waals surface area contributed by atoms with Gasteiger partial charge in [-0.3, -0.25) is 14.3 Å². The lowest BCUT2D eigenvalue weighted by Gasteiger charge is -2.06. The van der Waals surface area contributed by atoms with Gasteiger partial charge >= 0.3 is 5.69 Å². The van der Waals surface area contributed by atoms with Crippen LogP contribution in [0.3, 0.4) is 0 Å². The van der Waals surface area contributed by atoms with E-state index in [-0.39, 0.29) is 5.56 Å². The maximum atomic E-state index is 12.1. The average molecular weight is 308 g/mol. The predicted molar refractivity (Wildman–Crippen MR) is 85.8 cm³/mol. The normalized spacial score (nSPS) is 11.4. The van der Waals surface area contributed by atoms with E-state index in [0.717, 1.165) is 31.8 Å². The first-order chi connectivity index (χ1) is 10.6. The van der Waals surface area contributed by atoms with Crippen LogP contribution in [0, 0.1) is 6.92 Å². The van der Waals surface area contributed by atoms with Gasteiger partial charge in [0.1, 0.15) is 5.82 Å². The van der Waals surface area contributed by atoms with Crippen LogP contribution in [0.1, 0.15) is 44.3 Å². The molecule has 0 unspecified atom stereocenters. The van der Waals surface area contributed by atoms with Gasteiger partial charge in [0.15, 0.2) is 11.2 Å². The summed E-state index contributed by atoms with van der Waals surface area (Å²) in [5.74, 6) is 0.777. The first-order valence-electron chi connectivity index (χ1n) is 8.01. The molecule has 4 N–H and O–H groups in total. The number of aryl methyl sites for hydroxylation is 3. The Morgan fingerprint density at radius 2 is 1.73 bits per heavy atom. The minimum atomic E-state index is -0.424. The van der Waals surface area contributed by atoms with Crippen molar-refractivity contribution in [3.05, 3.63) is 26.7 Å². The molecule has 0 aliphatic carbocycles. The van der Waals surface area contributed by atoms with Crippen molar-refractivity contribution in [2.45, 2.75) is 52.0 Å². The van der Waals surface area contributed by atoms with Gasteiger partial charge in [-0.25, -0.2) is 9.78 Å². The van der Waals surface area contributed by atoms with Gasteiger partial charge < -0.3 is 10.3 Å². The van der Waals surface area contributed by atoms with Crippen LogP contribution in [0.4, 0.5) is 0 Å². The van der Waals surface area contributed by atoms with Gasteiger partial charge in [0.2, 0.25) is 0 Å². The van der Waals surface area contributed by atoms with Gasteiger partial charge in [0, 0.05) is 13.6 Å². The number of hydrogen-bond donors (Lipinski definition) is 2. The topological polar surface area (TPSA) is 100 Å². The van der Waals surface area contributed by atoms with E-state index in [1.807, 2.05) is 11.5 Å². The Labute approximate surface area is 129 Å². The third-order valence-electron chi connectivity index (χ3n) is 4.08. The molecule has 0 spiro atoms. The second-order valence-corrected chi connectivity index (χ2v) is 5.78. The molecule has 2 heterocycles. The number of unbranched alkanes of at least 4 members (excludes halogenated alkanes) is 5. The van der Waals surface area contributed by atoms with Crippen LogP contribution in [-0.2, 0) is 13.6 Å². The zero-order chi connectivity index (χ0) is 16.1. The molecule has 0 amide bonds. The van der Waals surface area contributed by atoms with Crippen molar-refractivity contribution in [1.82, 2.24) is 19.1 Å². The van der Waals surface area contributed by atoms with Crippen LogP contribution in [0.5, 0.6) is 0 Å². The molecule has 2 aromatic heterocycles. The van der Waals surface area contributed by atoms with Crippen LogP contribution in [0.2, 0.25) is 0 Å². The largest absolute Gasteiger partial charge is 0.358 e. The molecule has 0 aromatic carbocycles. The highest BCUT2D eigenvalue weighted by molar-refractivity contribution is 5.70. The number of aromatic amines is 1. The van der Waals surface area contributed by atoms with Crippen molar-refractivity contribution < 1.29 is 5.73 Å². The molecule has 0 aliphatic heterocycles. The molecule has 0 aliphatic rings. The summed E-state index contributed by atoms with van der Waals surface area (Å²) in [6.07, 6.45) is 7.06. The average Bonchev–Trinajstić information content (AvgIpc) is 2.81. The minimum absolute atomic E-state index is 0.353. The van der Waals surface area contributed by atoms with E-state index in [2.05, 4.69) is 15.7 Å². The van der Waals surface area contributed by atoms with Gasteiger partial charge in [-0.1, -0.05) is 19.3 Å². The van der Waals surface area contributed by atoms with E-state index in [9.17, 15) is 9.59 Å². The summed E-state index contributed by atoms with van der Waals surface area (Å²) < 4.78 is 3.31. The summed E-state index contributed by atoms with van der Waals surface area (Å²) in [6.45, 7) is 3.65. The lowest BCUT2D eigenvalue weighted by atomic mass is 10.1. The lowest BCUT2D eigenvalue weighted by Crippen LogP contribution is -2.50. The number of H-pyrrole nitrogens is 1. The van der Waals surface area contributed by atoms with Crippen LogP contribution < -0.4 is 17.0 Å². The van der Waals surface area contributed by atoms with Gasteiger partial charge in [-0.15, -0.1) is 0 Å². The predicted octanol–water partition coefficient (Wildman–Crippen LogP) is 0.314. The molecule has 0 atom stereocenters. The Kier molecular flexibility index (Phi) is 5.54. The molecule has 0 radical (unpaired) electrons. The van der Waals surface area contributed by atoms with E-state index in [1.54, 1.807) is 7.05 Å². The Morgan fingerprint density at radius 3 is 2.41 bits per heavy atom. The Balaban J connectivity index is 2.06. The fourth-order valence-corrected chi connectivity index (χ4v) is 2.77. The van der Waals surface area contributed by atoms with Gasteiger partial charge in [-0.05, 0) is 26.2 Å². The second kappa shape index (κ2) is 7.40. The number of nitrogens with one attached hydrogen (secondary N) is 1. The first kappa shape index (κ1) is 16.5. The Morgan fingerprint density at radius 1 is 1.09 bits per heavy atom. The van der Waals surface area contributed by atoms with Crippen molar-refractivity contribution in [2.75, 3.05) is 6.54 Å². The van der Waals surface area contributed by atoms with Crippen LogP contribution in [-0.4, -0.2) is 25.6 Å². The standard InChI is InChI=1S/C15H25N5O2/c1-11-17-13-12(14(21)18-15(22)19(13)2)20(11)10-8-6-4-3-5-7-9-16/h3-10,16H2,1-2H3,(H,18,21,22)/p+1. The van der Waals surface area contributed by atoms with Crippen molar-refractivity contribution in [1.29, 1.82) is 0 Å². The number of nitrogens with zero attached hydrogens (tertiary/aromatic N) is 3. The molecular formula is C15H26N5O2+. The zero-order valence-electron chi connectivity index (χ0n) is 13.5. The summed E-state index contributed by atoms with van der Waals surface area (Å²) in [6, 6.07) is 0. The van der Waals surface area contributed by atoms with Crippen molar-refractivity contribution >= 4 is 11.2 Å². The summed E-state index contributed by atoms with van der Waals surface area (Å²) in [5, 5.41) is 0. The summed E-state index contributed by atoms with van der Waals surface area (Å²) in [7, 11) is 1.62. The van der Waals surface area contributed by atoms with Crippen LogP contribution >= 0.6 is 0 Å². The Hall–Kier alpha value is -1.89. The van der Waals surface area contributed by atoms with Crippen molar-refractivity contribution in [3.8, 4) is 0 Å². The van der Waals surface area contributed by atoms with E-state index < -0.39 is 5.69 Å². The Bertz CT molecular complexity index is 741. The molecular weight excluding hydrogens is 282 g/mol. The second-order valence-electron chi connectivity index (χ2n) is 5.78. The smallest absolute Gasteiger partial charge is 0.329 e. The molecule has 0 saturated carbocycles. The lowest BCUT2D eigenvalue weighted by molar-refractivity contribution is -0.368. The van der Waals surface area contributed by atoms with Crippen LogP contribution in [0.15, 0.2) is 9.59 Å². The highest BCUT2D eigenvalue weighted by atomic mass is 16.2. The molecule has 22 heavy (non-hydrogen) atoms. The SMILES string of the molecule is Cc1nc2c(c(=O)[nH]c(=O)n2C)n1CCCCCCCC[NH3+]. The molecule has 2 aromatic rings. The third-order valence-corrected chi connectivity index (χ3v) is 4.08. The van der Waals surface area contributed by atoms with Crippen LogP contribution in [0.25, 0.3) is 11.2 Å². The maximum absolute atomic E-state index is 12.1. The number of hydrogen-bond acceptors (Lipinski definition) is 3. The molecule has 122 valence electrons. The molecule has 2 rings (SSSR count). The molecule has 7 heteroatoms. The maximum Gasteiger partial charge on any atom is 0.329 e. The van der Waals surface area contributed by atoms with Gasteiger partial charge in [0.25, 0.3) is 5.56 Å². The summed E-state index contributed by atoms with van der Waals surface area (Å²) in [5.41, 5.74) is 4.03. The van der Waals surface area contributed by atoms with E-state index in [4.69, 9.17) is 0 Å². The summed E-state index contributed by atoms with van der Waals surface area (Å²) in [4.78, 5) is 30.4. The molecule has 0 fully saturated rings. The minimum Gasteiger partial charge on any atom is -0.358 e. The van der Waals surface area contributed by atoms with E-state index >= 15 is 0 Å². The zero-order valence-corrected chi connectivity index (χ0v) is 13.5. The quantitative estimate of drug-likeness (QED) is 0.686. The van der Waals surface area contributed by atoms with Gasteiger partial charge in [-0.2, -0.15) is 0 Å². The fraction of sp³-hybridized carbons (Fsp3) is 0.667. The fourth-order valence-electron chi connectivity index (χ4n) is 2.77. The monoisotopic (exact) mass is 308 g/mol. The molecule has 7 nitrogen and oxygen atoms in total. The van der Waals surface area contributed by atoms with E-state index in [0.29, 0.717) is 11.2 Å². The number of quaternary nitrogens is 1.